The van der Waals surface area contributed by atoms with Gasteiger partial charge >= 0.3 is 0 Å². The fraction of sp³-hybridized carbons (Fsp3) is 0.455. The normalized spacial score (nSPS) is 20.8. The molecule has 0 atom stereocenters. The van der Waals surface area contributed by atoms with E-state index in [9.17, 15) is 0 Å². The summed E-state index contributed by atoms with van der Waals surface area (Å²) in [6, 6.07) is 0. The van der Waals surface area contributed by atoms with Crippen LogP contribution >= 0.6 is 0 Å². The zero-order valence-electron chi connectivity index (χ0n) is 8.65. The minimum atomic E-state index is 0.943. The maximum atomic E-state index is 5.67. The quantitative estimate of drug-likeness (QED) is 0.529. The van der Waals surface area contributed by atoms with Crippen LogP contribution in [0.25, 0.3) is 0 Å². The number of piperazine rings is 1. The Hall–Kier alpha value is -0.900. The monoisotopic (exact) mass is 193 g/mol. The molecule has 3 heteroatoms. The molecule has 2 N–H and O–H groups in total. The van der Waals surface area contributed by atoms with Crippen LogP contribution in [0.4, 0.5) is 0 Å². The zero-order valence-corrected chi connectivity index (χ0v) is 8.65. The molecule has 0 radical (unpaired) electrons. The van der Waals surface area contributed by atoms with Gasteiger partial charge in [0.2, 0.25) is 0 Å². The molecule has 0 unspecified atom stereocenters. The number of hydrogen-bond acceptors (Lipinski definition) is 3. The largest absolute Gasteiger partial charge is 0.296 e. The maximum Gasteiger partial charge on any atom is 0.0257 e. The second-order valence-electron chi connectivity index (χ2n) is 3.49. The highest BCUT2D eigenvalue weighted by molar-refractivity contribution is 5.22. The van der Waals surface area contributed by atoms with Gasteiger partial charge in [-0.15, -0.1) is 0 Å². The highest BCUT2D eigenvalue weighted by Crippen LogP contribution is 2.04. The fourth-order valence-electron chi connectivity index (χ4n) is 1.52. The fourth-order valence-corrected chi connectivity index (χ4v) is 1.52. The topological polar surface area (TPSA) is 32.5 Å². The molecular formula is C11H19N3. The molecule has 0 aliphatic carbocycles. The van der Waals surface area contributed by atoms with Crippen LogP contribution in [0.15, 0.2) is 37.0 Å². The first kappa shape index (κ1) is 11.2. The second-order valence-corrected chi connectivity index (χ2v) is 3.49. The molecular weight excluding hydrogens is 174 g/mol. The van der Waals surface area contributed by atoms with Crippen LogP contribution in [0.1, 0.15) is 0 Å². The van der Waals surface area contributed by atoms with Gasteiger partial charge in [0.1, 0.15) is 0 Å². The average molecular weight is 193 g/mol. The number of hydrogen-bond donors (Lipinski definition) is 1. The van der Waals surface area contributed by atoms with E-state index in [4.69, 9.17) is 5.84 Å². The van der Waals surface area contributed by atoms with Crippen molar-refractivity contribution in [1.82, 2.24) is 9.91 Å². The Morgan fingerprint density at radius 2 is 1.86 bits per heavy atom. The molecule has 0 saturated carbocycles. The number of hydrazine groups is 1. The molecule has 0 aromatic carbocycles. The SMILES string of the molecule is C=C/C=C(\C=C)CN1CCN(N)CC1. The molecule has 1 aliphatic rings. The first-order valence-electron chi connectivity index (χ1n) is 4.92. The summed E-state index contributed by atoms with van der Waals surface area (Å²) in [5.74, 6) is 5.67. The van der Waals surface area contributed by atoms with Crippen molar-refractivity contribution in [2.75, 3.05) is 32.7 Å². The van der Waals surface area contributed by atoms with E-state index in [1.807, 2.05) is 17.2 Å². The Morgan fingerprint density at radius 3 is 2.36 bits per heavy atom. The van der Waals surface area contributed by atoms with E-state index in [-0.39, 0.29) is 0 Å². The molecule has 0 bridgehead atoms. The summed E-state index contributed by atoms with van der Waals surface area (Å²) >= 11 is 0. The Balaban J connectivity index is 2.39. The van der Waals surface area contributed by atoms with Crippen molar-refractivity contribution < 1.29 is 0 Å². The lowest BCUT2D eigenvalue weighted by atomic mass is 10.2. The molecule has 3 nitrogen and oxygen atoms in total. The van der Waals surface area contributed by atoms with Crippen LogP contribution in [0, 0.1) is 0 Å². The maximum absolute atomic E-state index is 5.67. The standard InChI is InChI=1S/C11H19N3/c1-3-5-11(4-2)10-13-6-8-14(12)9-7-13/h3-5H,1-2,6-10,12H2/b11-5+. The van der Waals surface area contributed by atoms with Gasteiger partial charge in [-0.2, -0.15) is 0 Å². The summed E-state index contributed by atoms with van der Waals surface area (Å²) in [7, 11) is 0. The number of rotatable bonds is 4. The van der Waals surface area contributed by atoms with Gasteiger partial charge in [-0.1, -0.05) is 31.4 Å². The predicted octanol–water partition coefficient (Wildman–Crippen LogP) is 0.776. The third-order valence-electron chi connectivity index (χ3n) is 2.41. The van der Waals surface area contributed by atoms with E-state index in [0.717, 1.165) is 32.7 Å². The van der Waals surface area contributed by atoms with Gasteiger partial charge in [0.25, 0.3) is 0 Å². The van der Waals surface area contributed by atoms with Crippen molar-refractivity contribution in [2.24, 2.45) is 5.84 Å². The van der Waals surface area contributed by atoms with Crippen molar-refractivity contribution in [3.8, 4) is 0 Å². The van der Waals surface area contributed by atoms with Gasteiger partial charge in [-0.25, -0.2) is 5.01 Å². The Morgan fingerprint density at radius 1 is 1.21 bits per heavy atom. The smallest absolute Gasteiger partial charge is 0.0257 e. The van der Waals surface area contributed by atoms with Crippen LogP contribution in [-0.4, -0.2) is 42.6 Å². The predicted molar refractivity (Wildman–Crippen MR) is 60.7 cm³/mol. The minimum Gasteiger partial charge on any atom is -0.296 e. The lowest BCUT2D eigenvalue weighted by molar-refractivity contribution is 0.142. The molecule has 1 heterocycles. The number of nitrogens with two attached hydrogens (primary N) is 1. The summed E-state index contributed by atoms with van der Waals surface area (Å²) in [5, 5.41) is 1.86. The zero-order chi connectivity index (χ0) is 10.4. The molecule has 1 rings (SSSR count). The highest BCUT2D eigenvalue weighted by atomic mass is 15.4. The molecule has 0 aromatic rings. The van der Waals surface area contributed by atoms with Crippen molar-refractivity contribution in [1.29, 1.82) is 0 Å². The van der Waals surface area contributed by atoms with E-state index in [0.29, 0.717) is 0 Å². The summed E-state index contributed by atoms with van der Waals surface area (Å²) < 4.78 is 0. The molecule has 78 valence electrons. The van der Waals surface area contributed by atoms with Gasteiger partial charge < -0.3 is 0 Å². The molecule has 14 heavy (non-hydrogen) atoms. The van der Waals surface area contributed by atoms with E-state index in [1.165, 1.54) is 5.57 Å². The summed E-state index contributed by atoms with van der Waals surface area (Å²) in [6.45, 7) is 12.4. The van der Waals surface area contributed by atoms with Gasteiger partial charge in [-0.05, 0) is 5.57 Å². The summed E-state index contributed by atoms with van der Waals surface area (Å²) in [6.07, 6.45) is 5.69. The van der Waals surface area contributed by atoms with Gasteiger partial charge in [0, 0.05) is 32.7 Å². The van der Waals surface area contributed by atoms with Crippen LogP contribution in [-0.2, 0) is 0 Å². The first-order valence-corrected chi connectivity index (χ1v) is 4.92. The highest BCUT2D eigenvalue weighted by Gasteiger charge is 2.13. The number of allylic oxidation sites excluding steroid dienone is 2. The van der Waals surface area contributed by atoms with Gasteiger partial charge in [-0.3, -0.25) is 10.7 Å². The number of nitrogens with zero attached hydrogens (tertiary/aromatic N) is 2. The van der Waals surface area contributed by atoms with Crippen molar-refractivity contribution in [3.63, 3.8) is 0 Å². The minimum absolute atomic E-state index is 0.943. The van der Waals surface area contributed by atoms with E-state index in [1.54, 1.807) is 6.08 Å². The molecule has 0 amide bonds. The van der Waals surface area contributed by atoms with E-state index in [2.05, 4.69) is 18.1 Å². The molecule has 1 aliphatic heterocycles. The Labute approximate surface area is 86.1 Å². The second kappa shape index (κ2) is 5.75. The Kier molecular flexibility index (Phi) is 4.59. The summed E-state index contributed by atoms with van der Waals surface area (Å²) in [5.41, 5.74) is 1.21. The van der Waals surface area contributed by atoms with E-state index >= 15 is 0 Å². The third kappa shape index (κ3) is 3.46. The van der Waals surface area contributed by atoms with Gasteiger partial charge in [0.05, 0.1) is 0 Å². The lowest BCUT2D eigenvalue weighted by Gasteiger charge is -2.32. The van der Waals surface area contributed by atoms with Gasteiger partial charge in [0.15, 0.2) is 0 Å². The molecule has 1 saturated heterocycles. The van der Waals surface area contributed by atoms with Crippen LogP contribution in [0.2, 0.25) is 0 Å². The van der Waals surface area contributed by atoms with E-state index < -0.39 is 0 Å². The first-order chi connectivity index (χ1) is 6.76. The van der Waals surface area contributed by atoms with Crippen molar-refractivity contribution in [2.45, 2.75) is 0 Å². The molecule has 0 aromatic heterocycles. The van der Waals surface area contributed by atoms with Crippen molar-refractivity contribution in [3.05, 3.63) is 37.0 Å². The Bertz CT molecular complexity index is 225. The van der Waals surface area contributed by atoms with Crippen LogP contribution < -0.4 is 5.84 Å². The van der Waals surface area contributed by atoms with Crippen LogP contribution in [0.5, 0.6) is 0 Å². The molecule has 1 fully saturated rings. The van der Waals surface area contributed by atoms with Crippen molar-refractivity contribution >= 4 is 0 Å². The van der Waals surface area contributed by atoms with Crippen LogP contribution in [0.3, 0.4) is 0 Å². The average Bonchev–Trinajstić information content (AvgIpc) is 2.20. The lowest BCUT2D eigenvalue weighted by Crippen LogP contribution is -2.49. The molecule has 0 spiro atoms. The summed E-state index contributed by atoms with van der Waals surface area (Å²) in [4.78, 5) is 2.38. The third-order valence-corrected chi connectivity index (χ3v) is 2.41.